The van der Waals surface area contributed by atoms with Gasteiger partial charge in [0.25, 0.3) is 5.91 Å². The van der Waals surface area contributed by atoms with Crippen LogP contribution in [0.4, 0.5) is 0 Å². The Morgan fingerprint density at radius 2 is 1.95 bits per heavy atom. The van der Waals surface area contributed by atoms with Gasteiger partial charge in [-0.15, -0.1) is 0 Å². The SMILES string of the molecule is COC(=O)[C@H](Cc1cnc[nH]1)NC(=O)CON=C1C=C2CC[C@@H]3[C@H]4CC[C@](O)(C(C)=O)[C@@]4(C)CC[C@@H]3[C@@]2(C)CC1. The molecule has 10 heteroatoms. The van der Waals surface area contributed by atoms with E-state index in [1.165, 1.54) is 19.0 Å². The standard InChI is InChI=1S/C30H42N4O6/c1-18(35)30(38)12-9-24-22-6-5-19-13-20(7-10-28(19,2)23(22)8-11-29(24,30)3)34-40-16-26(36)33-25(27(37)39-4)14-21-15-31-17-32-21/h13,15,17,22-25,38H,5-12,14,16H2,1-4H3,(H,31,32)(H,33,36)/t22-,23-,24+,25-,28-,29-,30-/m0/s1. The number of methoxy groups -OCH3 is 1. The summed E-state index contributed by atoms with van der Waals surface area (Å²) in [6.45, 7) is 5.78. The molecule has 7 atom stereocenters. The first-order valence-electron chi connectivity index (χ1n) is 14.5. The summed E-state index contributed by atoms with van der Waals surface area (Å²) in [6, 6.07) is -0.856. The molecule has 4 aliphatic rings. The summed E-state index contributed by atoms with van der Waals surface area (Å²) in [5, 5.41) is 18.3. The van der Waals surface area contributed by atoms with E-state index >= 15 is 0 Å². The van der Waals surface area contributed by atoms with Crippen molar-refractivity contribution in [2.45, 2.75) is 90.2 Å². The number of fused-ring (bicyclic) bond motifs is 5. The van der Waals surface area contributed by atoms with Crippen molar-refractivity contribution in [2.75, 3.05) is 13.7 Å². The predicted octanol–water partition coefficient (Wildman–Crippen LogP) is 3.27. The Labute approximate surface area is 235 Å². The molecule has 0 bridgehead atoms. The molecule has 0 spiro atoms. The molecule has 3 saturated carbocycles. The molecule has 5 rings (SSSR count). The summed E-state index contributed by atoms with van der Waals surface area (Å²) < 4.78 is 4.82. The van der Waals surface area contributed by atoms with Crippen LogP contribution in [0.5, 0.6) is 0 Å². The third-order valence-corrected chi connectivity index (χ3v) is 10.9. The van der Waals surface area contributed by atoms with Gasteiger partial charge >= 0.3 is 5.97 Å². The Morgan fingerprint density at radius 1 is 1.18 bits per heavy atom. The van der Waals surface area contributed by atoms with Crippen LogP contribution >= 0.6 is 0 Å². The minimum atomic E-state index is -1.19. The zero-order valence-electron chi connectivity index (χ0n) is 24.0. The number of H-pyrrole nitrogens is 1. The normalized spacial score (nSPS) is 36.5. The molecular weight excluding hydrogens is 512 g/mol. The number of amides is 1. The highest BCUT2D eigenvalue weighted by molar-refractivity contribution is 5.96. The molecular formula is C30H42N4O6. The number of nitrogens with one attached hydrogen (secondary N) is 2. The van der Waals surface area contributed by atoms with Gasteiger partial charge in [-0.1, -0.05) is 24.6 Å². The maximum atomic E-state index is 12.5. The zero-order valence-corrected chi connectivity index (χ0v) is 24.0. The number of ketones is 1. The lowest BCUT2D eigenvalue weighted by atomic mass is 9.46. The van der Waals surface area contributed by atoms with E-state index in [4.69, 9.17) is 9.57 Å². The van der Waals surface area contributed by atoms with Crippen molar-refractivity contribution in [3.05, 3.63) is 29.9 Å². The largest absolute Gasteiger partial charge is 0.467 e. The third-order valence-electron chi connectivity index (χ3n) is 10.9. The number of hydrogen-bond donors (Lipinski definition) is 3. The molecule has 3 N–H and O–H groups in total. The van der Waals surface area contributed by atoms with Crippen molar-refractivity contribution in [2.24, 2.45) is 33.7 Å². The molecule has 0 aliphatic heterocycles. The maximum absolute atomic E-state index is 12.5. The second-order valence-corrected chi connectivity index (χ2v) is 12.7. The molecule has 10 nitrogen and oxygen atoms in total. The smallest absolute Gasteiger partial charge is 0.328 e. The zero-order chi connectivity index (χ0) is 28.7. The molecule has 3 fully saturated rings. The number of aromatic amines is 1. The number of oxime groups is 1. The molecule has 218 valence electrons. The average Bonchev–Trinajstić information content (AvgIpc) is 3.54. The Balaban J connectivity index is 1.21. The lowest BCUT2D eigenvalue weighted by Gasteiger charge is -2.59. The van der Waals surface area contributed by atoms with Gasteiger partial charge in [-0.25, -0.2) is 9.78 Å². The Hall–Kier alpha value is -3.01. The highest BCUT2D eigenvalue weighted by atomic mass is 16.6. The van der Waals surface area contributed by atoms with E-state index in [-0.39, 0.29) is 29.6 Å². The fourth-order valence-corrected chi connectivity index (χ4v) is 8.60. The average molecular weight is 555 g/mol. The predicted molar refractivity (Wildman–Crippen MR) is 147 cm³/mol. The fourth-order valence-electron chi connectivity index (χ4n) is 8.60. The number of imidazole rings is 1. The minimum absolute atomic E-state index is 0.0674. The van der Waals surface area contributed by atoms with Gasteiger partial charge in [-0.3, -0.25) is 9.59 Å². The number of hydrogen-bond acceptors (Lipinski definition) is 8. The number of rotatable bonds is 8. The van der Waals surface area contributed by atoms with Gasteiger partial charge in [-0.05, 0) is 87.5 Å². The van der Waals surface area contributed by atoms with Gasteiger partial charge in [0.15, 0.2) is 12.4 Å². The molecule has 0 aromatic carbocycles. The van der Waals surface area contributed by atoms with Crippen molar-refractivity contribution < 1.29 is 29.1 Å². The maximum Gasteiger partial charge on any atom is 0.328 e. The minimum Gasteiger partial charge on any atom is -0.467 e. The van der Waals surface area contributed by atoms with Crippen LogP contribution in [0.15, 0.2) is 29.3 Å². The molecule has 1 heterocycles. The van der Waals surface area contributed by atoms with Crippen molar-refractivity contribution >= 4 is 23.4 Å². The number of Topliss-reactive ketones (excluding diaryl/α,β-unsaturated/α-hetero) is 1. The van der Waals surface area contributed by atoms with Crippen LogP contribution in [-0.2, 0) is 30.4 Å². The number of ether oxygens (including phenoxy) is 1. The first-order valence-corrected chi connectivity index (χ1v) is 14.5. The van der Waals surface area contributed by atoms with Crippen LogP contribution in [0.1, 0.15) is 77.8 Å². The number of allylic oxidation sites excluding steroid dienone is 2. The van der Waals surface area contributed by atoms with Crippen molar-refractivity contribution in [3.63, 3.8) is 0 Å². The van der Waals surface area contributed by atoms with Crippen LogP contribution in [0.25, 0.3) is 0 Å². The van der Waals surface area contributed by atoms with Crippen molar-refractivity contribution in [1.82, 2.24) is 15.3 Å². The van der Waals surface area contributed by atoms with Gasteiger partial charge in [0.2, 0.25) is 0 Å². The van der Waals surface area contributed by atoms with E-state index in [1.54, 1.807) is 13.1 Å². The van der Waals surface area contributed by atoms with E-state index in [2.05, 4.69) is 40.4 Å². The molecule has 1 amide bonds. The summed E-state index contributed by atoms with van der Waals surface area (Å²) in [6.07, 6.45) is 12.6. The summed E-state index contributed by atoms with van der Waals surface area (Å²) in [5.74, 6) is 0.325. The van der Waals surface area contributed by atoms with Gasteiger partial charge in [0.1, 0.15) is 11.6 Å². The molecule has 0 saturated heterocycles. The number of esters is 1. The lowest BCUT2D eigenvalue weighted by Crippen LogP contribution is -2.57. The Bertz CT molecular complexity index is 1210. The highest BCUT2D eigenvalue weighted by Crippen LogP contribution is 2.67. The number of nitrogens with zero attached hydrogens (tertiary/aromatic N) is 2. The number of aromatic nitrogens is 2. The van der Waals surface area contributed by atoms with Crippen LogP contribution in [0, 0.1) is 28.6 Å². The summed E-state index contributed by atoms with van der Waals surface area (Å²) >= 11 is 0. The van der Waals surface area contributed by atoms with Crippen LogP contribution in [0.2, 0.25) is 0 Å². The molecule has 0 radical (unpaired) electrons. The number of carbonyl (C=O) groups is 3. The van der Waals surface area contributed by atoms with Crippen LogP contribution in [0.3, 0.4) is 0 Å². The first-order chi connectivity index (χ1) is 19.0. The van der Waals surface area contributed by atoms with E-state index in [9.17, 15) is 19.5 Å². The van der Waals surface area contributed by atoms with E-state index < -0.39 is 23.5 Å². The van der Waals surface area contributed by atoms with Crippen molar-refractivity contribution in [1.29, 1.82) is 0 Å². The van der Waals surface area contributed by atoms with Gasteiger partial charge in [0, 0.05) is 23.7 Å². The Morgan fingerprint density at radius 3 is 2.65 bits per heavy atom. The van der Waals surface area contributed by atoms with Gasteiger partial charge < -0.3 is 25.0 Å². The first kappa shape index (κ1) is 28.5. The highest BCUT2D eigenvalue weighted by Gasteiger charge is 2.65. The second kappa shape index (κ2) is 10.8. The fraction of sp³-hybridized carbons (Fsp3) is 0.700. The molecule has 1 aromatic rings. The van der Waals surface area contributed by atoms with Gasteiger partial charge in [-0.2, -0.15) is 0 Å². The van der Waals surface area contributed by atoms with Crippen molar-refractivity contribution in [3.8, 4) is 0 Å². The monoisotopic (exact) mass is 554 g/mol. The topological polar surface area (TPSA) is 143 Å². The van der Waals surface area contributed by atoms with E-state index in [0.29, 0.717) is 29.9 Å². The lowest BCUT2D eigenvalue weighted by molar-refractivity contribution is -0.159. The summed E-state index contributed by atoms with van der Waals surface area (Å²) in [4.78, 5) is 49.4. The number of carbonyl (C=O) groups excluding carboxylic acids is 3. The van der Waals surface area contributed by atoms with Crippen LogP contribution in [-0.4, -0.2) is 63.8 Å². The molecule has 0 unspecified atom stereocenters. The Kier molecular flexibility index (Phi) is 7.67. The molecule has 1 aromatic heterocycles. The van der Waals surface area contributed by atoms with E-state index in [1.807, 2.05) is 0 Å². The van der Waals surface area contributed by atoms with E-state index in [0.717, 1.165) is 50.7 Å². The quantitative estimate of drug-likeness (QED) is 0.331. The van der Waals surface area contributed by atoms with Gasteiger partial charge in [0.05, 0.1) is 19.1 Å². The summed E-state index contributed by atoms with van der Waals surface area (Å²) in [5.41, 5.74) is 1.46. The molecule has 40 heavy (non-hydrogen) atoms. The molecule has 4 aliphatic carbocycles. The number of aliphatic hydroxyl groups is 1. The van der Waals surface area contributed by atoms with Crippen LogP contribution < -0.4 is 5.32 Å². The second-order valence-electron chi connectivity index (χ2n) is 12.7. The third kappa shape index (κ3) is 4.78. The summed E-state index contributed by atoms with van der Waals surface area (Å²) in [7, 11) is 1.28.